The van der Waals surface area contributed by atoms with Crippen molar-refractivity contribution in [3.05, 3.63) is 52.7 Å². The molecule has 0 aliphatic carbocycles. The van der Waals surface area contributed by atoms with Crippen LogP contribution in [-0.4, -0.2) is 13.7 Å². The van der Waals surface area contributed by atoms with Gasteiger partial charge in [-0.3, -0.25) is 0 Å². The molecule has 2 nitrogen and oxygen atoms in total. The molecule has 1 atom stereocenters. The third-order valence-electron chi connectivity index (χ3n) is 2.71. The summed E-state index contributed by atoms with van der Waals surface area (Å²) in [6.45, 7) is 0.728. The molecular formula is C14H17NOS. The Balaban J connectivity index is 1.81. The Morgan fingerprint density at radius 3 is 2.71 bits per heavy atom. The van der Waals surface area contributed by atoms with E-state index in [-0.39, 0.29) is 0 Å². The van der Waals surface area contributed by atoms with E-state index in [4.69, 9.17) is 4.74 Å². The van der Waals surface area contributed by atoms with E-state index in [0.717, 1.165) is 18.8 Å². The molecule has 1 aromatic carbocycles. The highest BCUT2D eigenvalue weighted by Crippen LogP contribution is 2.19. The second-order valence-corrected chi connectivity index (χ2v) is 4.63. The van der Waals surface area contributed by atoms with Crippen molar-refractivity contribution in [1.29, 1.82) is 0 Å². The molecule has 17 heavy (non-hydrogen) atoms. The normalized spacial score (nSPS) is 12.3. The fraction of sp³-hybridized carbons (Fsp3) is 0.286. The zero-order valence-electron chi connectivity index (χ0n) is 9.93. The maximum Gasteiger partial charge on any atom is 0.119 e. The summed E-state index contributed by atoms with van der Waals surface area (Å²) >= 11 is 1.73. The van der Waals surface area contributed by atoms with Crippen LogP contribution in [0.2, 0.25) is 0 Å². The quantitative estimate of drug-likeness (QED) is 0.844. The van der Waals surface area contributed by atoms with E-state index in [0.29, 0.717) is 6.04 Å². The second-order valence-electron chi connectivity index (χ2n) is 3.85. The number of rotatable bonds is 6. The Labute approximate surface area is 106 Å². The molecule has 0 amide bonds. The summed E-state index contributed by atoms with van der Waals surface area (Å²) in [5.74, 6) is 0.938. The molecule has 0 spiro atoms. The first kappa shape index (κ1) is 12.1. The second kappa shape index (κ2) is 6.42. The standard InChI is InChI=1S/C14H17NOS/c1-15-14(12-8-10-17-11-12)7-9-16-13-5-3-2-4-6-13/h2-6,8,10-11,14-15H,7,9H2,1H3. The molecule has 90 valence electrons. The maximum atomic E-state index is 5.70. The summed E-state index contributed by atoms with van der Waals surface area (Å²) in [6.07, 6.45) is 0.974. The lowest BCUT2D eigenvalue weighted by Gasteiger charge is -2.15. The van der Waals surface area contributed by atoms with Gasteiger partial charge in [0.25, 0.3) is 0 Å². The topological polar surface area (TPSA) is 21.3 Å². The van der Waals surface area contributed by atoms with Gasteiger partial charge in [0, 0.05) is 12.5 Å². The third-order valence-corrected chi connectivity index (χ3v) is 3.41. The van der Waals surface area contributed by atoms with Crippen LogP contribution in [0.4, 0.5) is 0 Å². The van der Waals surface area contributed by atoms with Gasteiger partial charge in [-0.15, -0.1) is 0 Å². The Kier molecular flexibility index (Phi) is 4.59. The van der Waals surface area contributed by atoms with E-state index in [1.54, 1.807) is 11.3 Å². The monoisotopic (exact) mass is 247 g/mol. The van der Waals surface area contributed by atoms with Crippen molar-refractivity contribution in [2.75, 3.05) is 13.7 Å². The maximum absolute atomic E-state index is 5.70. The lowest BCUT2D eigenvalue weighted by molar-refractivity contribution is 0.290. The van der Waals surface area contributed by atoms with E-state index in [9.17, 15) is 0 Å². The zero-order chi connectivity index (χ0) is 11.9. The molecule has 0 saturated heterocycles. The Bertz CT molecular complexity index is 413. The zero-order valence-corrected chi connectivity index (χ0v) is 10.7. The Morgan fingerprint density at radius 1 is 1.24 bits per heavy atom. The van der Waals surface area contributed by atoms with Gasteiger partial charge in [0.2, 0.25) is 0 Å². The summed E-state index contributed by atoms with van der Waals surface area (Å²) in [7, 11) is 1.99. The molecule has 1 aromatic heterocycles. The van der Waals surface area contributed by atoms with Crippen LogP contribution >= 0.6 is 11.3 Å². The highest BCUT2D eigenvalue weighted by Gasteiger charge is 2.09. The van der Waals surface area contributed by atoms with Crippen molar-refractivity contribution in [1.82, 2.24) is 5.32 Å². The molecule has 1 N–H and O–H groups in total. The molecule has 1 heterocycles. The third kappa shape index (κ3) is 3.58. The molecule has 0 bridgehead atoms. The van der Waals surface area contributed by atoms with Gasteiger partial charge in [0.1, 0.15) is 5.75 Å². The van der Waals surface area contributed by atoms with Crippen molar-refractivity contribution < 1.29 is 4.74 Å². The molecule has 2 aromatic rings. The summed E-state index contributed by atoms with van der Waals surface area (Å²) in [5, 5.41) is 7.61. The summed E-state index contributed by atoms with van der Waals surface area (Å²) in [6, 6.07) is 12.5. The largest absolute Gasteiger partial charge is 0.494 e. The molecule has 3 heteroatoms. The minimum atomic E-state index is 0.380. The summed E-state index contributed by atoms with van der Waals surface area (Å²) < 4.78 is 5.70. The number of nitrogens with one attached hydrogen (secondary N) is 1. The van der Waals surface area contributed by atoms with Crippen LogP contribution in [0.15, 0.2) is 47.2 Å². The van der Waals surface area contributed by atoms with Crippen LogP contribution in [0.5, 0.6) is 5.75 Å². The van der Waals surface area contributed by atoms with Crippen LogP contribution in [-0.2, 0) is 0 Å². The van der Waals surface area contributed by atoms with Crippen LogP contribution in [0.25, 0.3) is 0 Å². The number of hydrogen-bond acceptors (Lipinski definition) is 3. The first-order valence-electron chi connectivity index (χ1n) is 5.77. The van der Waals surface area contributed by atoms with Crippen molar-refractivity contribution in [2.24, 2.45) is 0 Å². The molecule has 2 rings (SSSR count). The van der Waals surface area contributed by atoms with Crippen molar-refractivity contribution >= 4 is 11.3 Å². The predicted octanol–water partition coefficient (Wildman–Crippen LogP) is 3.48. The van der Waals surface area contributed by atoms with Crippen LogP contribution in [0.1, 0.15) is 18.0 Å². The van der Waals surface area contributed by atoms with Crippen molar-refractivity contribution in [3.63, 3.8) is 0 Å². The minimum Gasteiger partial charge on any atom is -0.494 e. The number of para-hydroxylation sites is 1. The smallest absolute Gasteiger partial charge is 0.119 e. The first-order valence-corrected chi connectivity index (χ1v) is 6.71. The van der Waals surface area contributed by atoms with E-state index < -0.39 is 0 Å². The molecule has 0 aliphatic heterocycles. The average Bonchev–Trinajstić information content (AvgIpc) is 2.90. The Morgan fingerprint density at radius 2 is 2.06 bits per heavy atom. The van der Waals surface area contributed by atoms with Crippen molar-refractivity contribution in [3.8, 4) is 5.75 Å². The minimum absolute atomic E-state index is 0.380. The molecule has 0 aliphatic rings. The van der Waals surface area contributed by atoms with E-state index in [2.05, 4.69) is 22.1 Å². The van der Waals surface area contributed by atoms with Gasteiger partial charge in [-0.2, -0.15) is 11.3 Å². The fourth-order valence-electron chi connectivity index (χ4n) is 1.76. The fourth-order valence-corrected chi connectivity index (χ4v) is 2.48. The summed E-state index contributed by atoms with van der Waals surface area (Å²) in [5.41, 5.74) is 1.34. The number of benzene rings is 1. The number of thiophene rings is 1. The van der Waals surface area contributed by atoms with E-state index in [1.165, 1.54) is 5.56 Å². The van der Waals surface area contributed by atoms with Crippen LogP contribution < -0.4 is 10.1 Å². The number of ether oxygens (including phenoxy) is 1. The SMILES string of the molecule is CNC(CCOc1ccccc1)c1ccsc1. The van der Waals surface area contributed by atoms with Gasteiger partial charge in [0.05, 0.1) is 6.61 Å². The van der Waals surface area contributed by atoms with Crippen LogP contribution in [0.3, 0.4) is 0 Å². The highest BCUT2D eigenvalue weighted by atomic mass is 32.1. The van der Waals surface area contributed by atoms with Gasteiger partial charge in [-0.25, -0.2) is 0 Å². The lowest BCUT2D eigenvalue weighted by Crippen LogP contribution is -2.18. The van der Waals surface area contributed by atoms with Gasteiger partial charge in [0.15, 0.2) is 0 Å². The van der Waals surface area contributed by atoms with E-state index in [1.807, 2.05) is 37.4 Å². The molecule has 0 radical (unpaired) electrons. The number of hydrogen-bond donors (Lipinski definition) is 1. The van der Waals surface area contributed by atoms with Crippen molar-refractivity contribution in [2.45, 2.75) is 12.5 Å². The molecule has 0 fully saturated rings. The van der Waals surface area contributed by atoms with Gasteiger partial charge in [-0.05, 0) is 41.6 Å². The molecule has 1 unspecified atom stereocenters. The summed E-state index contributed by atoms with van der Waals surface area (Å²) in [4.78, 5) is 0. The van der Waals surface area contributed by atoms with Gasteiger partial charge < -0.3 is 10.1 Å². The van der Waals surface area contributed by atoms with Gasteiger partial charge >= 0.3 is 0 Å². The first-order chi connectivity index (χ1) is 8.40. The average molecular weight is 247 g/mol. The van der Waals surface area contributed by atoms with Crippen LogP contribution in [0, 0.1) is 0 Å². The van der Waals surface area contributed by atoms with E-state index >= 15 is 0 Å². The highest BCUT2D eigenvalue weighted by molar-refractivity contribution is 7.07. The molecular weight excluding hydrogens is 230 g/mol. The predicted molar refractivity (Wildman–Crippen MR) is 72.7 cm³/mol. The molecule has 0 saturated carbocycles. The van der Waals surface area contributed by atoms with Gasteiger partial charge in [-0.1, -0.05) is 18.2 Å². The lowest BCUT2D eigenvalue weighted by atomic mass is 10.1. The Hall–Kier alpha value is -1.32.